The molecule has 0 aromatic heterocycles. The Kier molecular flexibility index (Phi) is 7.34. The van der Waals surface area contributed by atoms with Crippen LogP contribution in [0, 0.1) is 10.1 Å². The predicted molar refractivity (Wildman–Crippen MR) is 122 cm³/mol. The molecule has 3 rings (SSSR count). The molecule has 0 fully saturated rings. The molecule has 11 heteroatoms. The first-order valence-electron chi connectivity index (χ1n) is 9.22. The van der Waals surface area contributed by atoms with Crippen LogP contribution in [-0.2, 0) is 21.4 Å². The van der Waals surface area contributed by atoms with Crippen LogP contribution in [0.25, 0.3) is 0 Å². The zero-order valence-electron chi connectivity index (χ0n) is 16.4. The maximum absolute atomic E-state index is 13.3. The van der Waals surface area contributed by atoms with Crippen molar-refractivity contribution in [3.8, 4) is 0 Å². The molecule has 0 atom stereocenters. The molecule has 32 heavy (non-hydrogen) atoms. The number of amides is 1. The monoisotopic (exact) mass is 493 g/mol. The minimum Gasteiger partial charge on any atom is -0.350 e. The van der Waals surface area contributed by atoms with Gasteiger partial charge in [0, 0.05) is 17.6 Å². The van der Waals surface area contributed by atoms with Gasteiger partial charge in [-0.1, -0.05) is 59.6 Å². The SMILES string of the molecule is O=C(CN(c1ccccc1)S(=O)(=O)c1ccc(Cl)c([N+](=O)[O-])c1)NCc1ccccc1Cl. The van der Waals surface area contributed by atoms with Crippen LogP contribution in [0.5, 0.6) is 0 Å². The van der Waals surface area contributed by atoms with Crippen LogP contribution < -0.4 is 9.62 Å². The van der Waals surface area contributed by atoms with Crippen molar-refractivity contribution < 1.29 is 18.1 Å². The van der Waals surface area contributed by atoms with Gasteiger partial charge in [-0.3, -0.25) is 19.2 Å². The molecule has 0 aliphatic carbocycles. The molecule has 0 radical (unpaired) electrons. The Morgan fingerprint density at radius 2 is 1.62 bits per heavy atom. The normalized spacial score (nSPS) is 11.1. The van der Waals surface area contributed by atoms with Crippen molar-refractivity contribution in [1.82, 2.24) is 5.32 Å². The number of hydrogen-bond acceptors (Lipinski definition) is 5. The lowest BCUT2D eigenvalue weighted by molar-refractivity contribution is -0.384. The lowest BCUT2D eigenvalue weighted by Gasteiger charge is -2.24. The molecule has 0 saturated heterocycles. The number of halogens is 2. The molecule has 0 bridgehead atoms. The van der Waals surface area contributed by atoms with Crippen LogP contribution in [0.15, 0.2) is 77.7 Å². The Morgan fingerprint density at radius 3 is 2.28 bits per heavy atom. The van der Waals surface area contributed by atoms with Crippen molar-refractivity contribution in [3.05, 3.63) is 98.5 Å². The average molecular weight is 494 g/mol. The molecule has 0 unspecified atom stereocenters. The van der Waals surface area contributed by atoms with Gasteiger partial charge in [0.2, 0.25) is 5.91 Å². The van der Waals surface area contributed by atoms with Gasteiger partial charge in [-0.05, 0) is 35.9 Å². The first kappa shape index (κ1) is 23.5. The van der Waals surface area contributed by atoms with Crippen molar-refractivity contribution in [3.63, 3.8) is 0 Å². The van der Waals surface area contributed by atoms with Crippen LogP contribution >= 0.6 is 23.2 Å². The van der Waals surface area contributed by atoms with Crippen LogP contribution in [0.2, 0.25) is 10.0 Å². The van der Waals surface area contributed by atoms with E-state index in [9.17, 15) is 23.3 Å². The maximum atomic E-state index is 13.3. The number of benzene rings is 3. The number of nitrogens with one attached hydrogen (secondary N) is 1. The van der Waals surface area contributed by atoms with Crippen molar-refractivity contribution in [2.75, 3.05) is 10.8 Å². The predicted octanol–water partition coefficient (Wildman–Crippen LogP) is 4.41. The van der Waals surface area contributed by atoms with Crippen LogP contribution in [-0.4, -0.2) is 25.8 Å². The number of anilines is 1. The number of sulfonamides is 1. The van der Waals surface area contributed by atoms with Crippen LogP contribution in [0.3, 0.4) is 0 Å². The Labute approximate surface area is 194 Å². The van der Waals surface area contributed by atoms with E-state index in [-0.39, 0.29) is 22.2 Å². The second-order valence-corrected chi connectivity index (χ2v) is 9.26. The van der Waals surface area contributed by atoms with Crippen molar-refractivity contribution in [2.24, 2.45) is 0 Å². The Hall–Kier alpha value is -3.14. The number of carbonyl (C=O) groups excluding carboxylic acids is 1. The lowest BCUT2D eigenvalue weighted by atomic mass is 10.2. The number of nitrogens with zero attached hydrogens (tertiary/aromatic N) is 2. The third-order valence-electron chi connectivity index (χ3n) is 4.47. The van der Waals surface area contributed by atoms with Gasteiger partial charge >= 0.3 is 0 Å². The summed E-state index contributed by atoms with van der Waals surface area (Å²) in [6.45, 7) is -0.444. The standard InChI is InChI=1S/C21H17Cl2N3O5S/c22-18-9-5-4-6-15(18)13-24-21(27)14-25(16-7-2-1-3-8-16)32(30,31)17-10-11-19(23)20(12-17)26(28)29/h1-12H,13-14H2,(H,24,27). The first-order chi connectivity index (χ1) is 15.2. The van der Waals surface area contributed by atoms with E-state index >= 15 is 0 Å². The number of nitro groups is 1. The molecule has 1 amide bonds. The summed E-state index contributed by atoms with van der Waals surface area (Å²) in [6, 6.07) is 18.0. The van der Waals surface area contributed by atoms with Gasteiger partial charge in [0.05, 0.1) is 15.5 Å². The summed E-state index contributed by atoms with van der Waals surface area (Å²) in [5.74, 6) is -0.583. The molecule has 0 spiro atoms. The molecule has 0 heterocycles. The van der Waals surface area contributed by atoms with Crippen LogP contribution in [0.4, 0.5) is 11.4 Å². The summed E-state index contributed by atoms with van der Waals surface area (Å²) in [5, 5.41) is 14.1. The van der Waals surface area contributed by atoms with Crippen molar-refractivity contribution >= 4 is 50.5 Å². The fourth-order valence-corrected chi connectivity index (χ4v) is 4.68. The molecule has 0 saturated carbocycles. The van der Waals surface area contributed by atoms with Gasteiger partial charge in [0.25, 0.3) is 15.7 Å². The van der Waals surface area contributed by atoms with Gasteiger partial charge in [0.15, 0.2) is 0 Å². The number of nitro benzene ring substituents is 1. The minimum absolute atomic E-state index is 0.105. The molecule has 3 aromatic carbocycles. The zero-order chi connectivity index (χ0) is 23.3. The highest BCUT2D eigenvalue weighted by Crippen LogP contribution is 2.30. The summed E-state index contributed by atoms with van der Waals surface area (Å²) >= 11 is 11.9. The van der Waals surface area contributed by atoms with Crippen LogP contribution in [0.1, 0.15) is 5.56 Å². The fourth-order valence-electron chi connectivity index (χ4n) is 2.85. The van der Waals surface area contributed by atoms with Gasteiger partial charge in [0.1, 0.15) is 11.6 Å². The van der Waals surface area contributed by atoms with E-state index < -0.39 is 33.1 Å². The summed E-state index contributed by atoms with van der Waals surface area (Å²) < 4.78 is 27.6. The molecule has 3 aromatic rings. The average Bonchev–Trinajstić information content (AvgIpc) is 2.77. The quantitative estimate of drug-likeness (QED) is 0.369. The molecule has 166 valence electrons. The zero-order valence-corrected chi connectivity index (χ0v) is 18.8. The highest BCUT2D eigenvalue weighted by atomic mass is 35.5. The highest BCUT2D eigenvalue weighted by molar-refractivity contribution is 7.92. The highest BCUT2D eigenvalue weighted by Gasteiger charge is 2.29. The molecule has 1 N–H and O–H groups in total. The number of rotatable bonds is 8. The summed E-state index contributed by atoms with van der Waals surface area (Å²) in [5.41, 5.74) is 0.340. The van der Waals surface area contributed by atoms with Crippen molar-refractivity contribution in [2.45, 2.75) is 11.4 Å². The third kappa shape index (κ3) is 5.37. The molecule has 0 aliphatic rings. The number of para-hydroxylation sites is 1. The van der Waals surface area contributed by atoms with E-state index in [2.05, 4.69) is 5.32 Å². The summed E-state index contributed by atoms with van der Waals surface area (Å²) in [7, 11) is -4.33. The number of carbonyl (C=O) groups is 1. The topological polar surface area (TPSA) is 110 Å². The fraction of sp³-hybridized carbons (Fsp3) is 0.0952. The Balaban J connectivity index is 1.91. The maximum Gasteiger partial charge on any atom is 0.289 e. The van der Waals surface area contributed by atoms with Gasteiger partial charge in [-0.2, -0.15) is 0 Å². The van der Waals surface area contributed by atoms with E-state index in [1.165, 1.54) is 12.1 Å². The van der Waals surface area contributed by atoms with E-state index in [0.29, 0.717) is 10.6 Å². The largest absolute Gasteiger partial charge is 0.350 e. The minimum atomic E-state index is -4.33. The van der Waals surface area contributed by atoms with E-state index in [4.69, 9.17) is 23.2 Å². The van der Waals surface area contributed by atoms with Gasteiger partial charge < -0.3 is 5.32 Å². The molecule has 0 aliphatic heterocycles. The number of hydrogen-bond donors (Lipinski definition) is 1. The van der Waals surface area contributed by atoms with E-state index in [1.807, 2.05) is 0 Å². The second-order valence-electron chi connectivity index (χ2n) is 6.59. The third-order valence-corrected chi connectivity index (χ3v) is 6.93. The van der Waals surface area contributed by atoms with E-state index in [0.717, 1.165) is 22.5 Å². The summed E-state index contributed by atoms with van der Waals surface area (Å²) in [4.78, 5) is 22.7. The first-order valence-corrected chi connectivity index (χ1v) is 11.4. The molecular formula is C21H17Cl2N3O5S. The Bertz CT molecular complexity index is 1250. The van der Waals surface area contributed by atoms with Crippen molar-refractivity contribution in [1.29, 1.82) is 0 Å². The summed E-state index contributed by atoms with van der Waals surface area (Å²) in [6.07, 6.45) is 0. The smallest absolute Gasteiger partial charge is 0.289 e. The van der Waals surface area contributed by atoms with Gasteiger partial charge in [-0.15, -0.1) is 0 Å². The lowest BCUT2D eigenvalue weighted by Crippen LogP contribution is -2.40. The van der Waals surface area contributed by atoms with E-state index in [1.54, 1.807) is 42.5 Å². The Morgan fingerprint density at radius 1 is 0.969 bits per heavy atom. The van der Waals surface area contributed by atoms with Gasteiger partial charge in [-0.25, -0.2) is 8.42 Å². The second kappa shape index (κ2) is 9.99. The molecule has 8 nitrogen and oxygen atoms in total. The molecular weight excluding hydrogens is 477 g/mol.